The second kappa shape index (κ2) is 7.67. The molecule has 0 amide bonds. The maximum Gasteiger partial charge on any atom is 0.155 e. The predicted octanol–water partition coefficient (Wildman–Crippen LogP) is 3.60. The van der Waals surface area contributed by atoms with Crippen LogP contribution in [0.25, 0.3) is 0 Å². The predicted molar refractivity (Wildman–Crippen MR) is 69.3 cm³/mol. The topological polar surface area (TPSA) is 66.5 Å². The molecule has 0 saturated heterocycles. The molecule has 0 heterocycles. The summed E-state index contributed by atoms with van der Waals surface area (Å²) in [6.45, 7) is 0.472. The van der Waals surface area contributed by atoms with Crippen molar-refractivity contribution in [1.82, 2.24) is 0 Å². The minimum atomic E-state index is -0.363. The van der Waals surface area contributed by atoms with Crippen LogP contribution in [0, 0.1) is 0 Å². The second-order valence-corrected chi connectivity index (χ2v) is 4.32. The van der Waals surface area contributed by atoms with E-state index in [2.05, 4.69) is 0 Å². The molecule has 4 N–H and O–H groups in total. The van der Waals surface area contributed by atoms with Crippen molar-refractivity contribution in [3.8, 4) is 5.75 Å². The highest BCUT2D eigenvalue weighted by Crippen LogP contribution is 2.47. The van der Waals surface area contributed by atoms with Gasteiger partial charge in [0.1, 0.15) is 10.0 Å². The van der Waals surface area contributed by atoms with Crippen molar-refractivity contribution in [2.45, 2.75) is 0 Å². The minimum Gasteiger partial charge on any atom is -0.505 e. The van der Waals surface area contributed by atoms with Crippen LogP contribution in [-0.4, -0.2) is 23.4 Å². The van der Waals surface area contributed by atoms with Gasteiger partial charge in [-0.15, -0.1) is 0 Å². The van der Waals surface area contributed by atoms with E-state index in [1.807, 2.05) is 0 Å². The summed E-state index contributed by atoms with van der Waals surface area (Å²) in [6, 6.07) is 0. The van der Waals surface area contributed by atoms with Gasteiger partial charge in [-0.05, 0) is 0 Å². The van der Waals surface area contributed by atoms with Crippen molar-refractivity contribution in [3.05, 3.63) is 25.1 Å². The number of aliphatic hydroxyl groups is 1. The number of hydrogen-bond acceptors (Lipinski definition) is 3. The summed E-state index contributed by atoms with van der Waals surface area (Å²) in [7, 11) is 0. The summed E-state index contributed by atoms with van der Waals surface area (Å²) in [6.07, 6.45) is 0. The van der Waals surface area contributed by atoms with E-state index in [1.165, 1.54) is 0 Å². The number of phenolic OH excluding ortho intramolecular Hbond substituents is 1. The smallest absolute Gasteiger partial charge is 0.155 e. The molecule has 16 heavy (non-hydrogen) atoms. The van der Waals surface area contributed by atoms with E-state index in [-0.39, 0.29) is 37.5 Å². The van der Waals surface area contributed by atoms with Crippen LogP contribution < -0.4 is 5.73 Å². The molecule has 1 rings (SSSR count). The summed E-state index contributed by atoms with van der Waals surface area (Å²) >= 11 is 27.9. The Morgan fingerprint density at radius 3 is 1.31 bits per heavy atom. The molecule has 0 radical (unpaired) electrons. The third-order valence-corrected chi connectivity index (χ3v) is 3.57. The Labute approximate surface area is 118 Å². The molecule has 0 bridgehead atoms. The van der Waals surface area contributed by atoms with Gasteiger partial charge in [-0.25, -0.2) is 0 Å². The normalized spacial score (nSPS) is 9.69. The Hall–Kier alpha value is 0.390. The van der Waals surface area contributed by atoms with E-state index >= 15 is 0 Å². The summed E-state index contributed by atoms with van der Waals surface area (Å²) in [5, 5.41) is 16.8. The molecule has 0 aliphatic rings. The number of hydrogen-bond donors (Lipinski definition) is 3. The molecule has 0 atom stereocenters. The fraction of sp³-hybridized carbons (Fsp3) is 0.250. The van der Waals surface area contributed by atoms with Gasteiger partial charge in [0.2, 0.25) is 0 Å². The van der Waals surface area contributed by atoms with Gasteiger partial charge in [-0.3, -0.25) is 0 Å². The van der Waals surface area contributed by atoms with E-state index < -0.39 is 0 Å². The number of halogens is 5. The van der Waals surface area contributed by atoms with Crippen LogP contribution in [0.2, 0.25) is 25.1 Å². The molecule has 1 aromatic rings. The summed E-state index contributed by atoms with van der Waals surface area (Å²) < 4.78 is 0. The van der Waals surface area contributed by atoms with Crippen molar-refractivity contribution in [1.29, 1.82) is 0 Å². The number of aliphatic hydroxyl groups excluding tert-OH is 1. The lowest BCUT2D eigenvalue weighted by Gasteiger charge is -2.06. The van der Waals surface area contributed by atoms with Crippen molar-refractivity contribution in [2.75, 3.05) is 13.2 Å². The third kappa shape index (κ3) is 4.00. The summed E-state index contributed by atoms with van der Waals surface area (Å²) in [4.78, 5) is 0. The first-order chi connectivity index (χ1) is 7.38. The quantitative estimate of drug-likeness (QED) is 0.545. The van der Waals surface area contributed by atoms with Crippen LogP contribution >= 0.6 is 58.0 Å². The van der Waals surface area contributed by atoms with Crippen LogP contribution in [0.3, 0.4) is 0 Å². The van der Waals surface area contributed by atoms with Crippen LogP contribution in [0.15, 0.2) is 0 Å². The van der Waals surface area contributed by atoms with Gasteiger partial charge < -0.3 is 15.9 Å². The van der Waals surface area contributed by atoms with Gasteiger partial charge in [0.05, 0.1) is 21.7 Å². The molecule has 92 valence electrons. The zero-order valence-corrected chi connectivity index (χ0v) is 11.6. The molecule has 1 aromatic carbocycles. The lowest BCUT2D eigenvalue weighted by molar-refractivity contribution is 0.306. The molecule has 0 unspecified atom stereocenters. The third-order valence-electron chi connectivity index (χ3n) is 1.32. The largest absolute Gasteiger partial charge is 0.505 e. The Morgan fingerprint density at radius 2 is 1.06 bits per heavy atom. The van der Waals surface area contributed by atoms with Gasteiger partial charge in [0.25, 0.3) is 0 Å². The Bertz CT molecular complexity index is 265. The van der Waals surface area contributed by atoms with Gasteiger partial charge in [0, 0.05) is 6.54 Å². The van der Waals surface area contributed by atoms with Gasteiger partial charge >= 0.3 is 0 Å². The van der Waals surface area contributed by atoms with E-state index in [0.717, 1.165) is 0 Å². The van der Waals surface area contributed by atoms with E-state index in [1.54, 1.807) is 0 Å². The summed E-state index contributed by atoms with van der Waals surface area (Å²) in [5.74, 6) is -0.363. The fourth-order valence-corrected chi connectivity index (χ4v) is 1.72. The average molecular weight is 327 g/mol. The molecule has 3 nitrogen and oxygen atoms in total. The van der Waals surface area contributed by atoms with Crippen LogP contribution in [0.4, 0.5) is 0 Å². The highest BCUT2D eigenvalue weighted by atomic mass is 35.5. The van der Waals surface area contributed by atoms with Crippen LogP contribution in [0.5, 0.6) is 5.75 Å². The Morgan fingerprint density at radius 1 is 0.812 bits per heavy atom. The van der Waals surface area contributed by atoms with E-state index in [0.29, 0.717) is 6.54 Å². The number of benzene rings is 1. The van der Waals surface area contributed by atoms with Crippen molar-refractivity contribution in [3.63, 3.8) is 0 Å². The van der Waals surface area contributed by atoms with Gasteiger partial charge in [-0.2, -0.15) is 0 Å². The average Bonchev–Trinajstić information content (AvgIpc) is 2.31. The molecule has 0 saturated carbocycles. The molecule has 0 aliphatic carbocycles. The number of nitrogens with two attached hydrogens (primary N) is 1. The van der Waals surface area contributed by atoms with Gasteiger partial charge in [0.15, 0.2) is 5.75 Å². The fourth-order valence-electron chi connectivity index (χ4n) is 0.593. The van der Waals surface area contributed by atoms with Crippen molar-refractivity contribution < 1.29 is 10.2 Å². The molecule has 0 fully saturated rings. The highest BCUT2D eigenvalue weighted by Gasteiger charge is 2.18. The SMILES string of the molecule is NCCO.Oc1c(Cl)c(Cl)c(Cl)c(Cl)c1Cl. The molecular weight excluding hydrogens is 319 g/mol. The van der Waals surface area contributed by atoms with Crippen LogP contribution in [-0.2, 0) is 0 Å². The highest BCUT2D eigenvalue weighted by molar-refractivity contribution is 6.55. The molecule has 0 spiro atoms. The van der Waals surface area contributed by atoms with Crippen molar-refractivity contribution in [2.24, 2.45) is 5.73 Å². The lowest BCUT2D eigenvalue weighted by atomic mass is 10.3. The monoisotopic (exact) mass is 325 g/mol. The number of rotatable bonds is 1. The van der Waals surface area contributed by atoms with Crippen molar-refractivity contribution >= 4 is 58.0 Å². The first-order valence-corrected chi connectivity index (χ1v) is 5.78. The Kier molecular flexibility index (Phi) is 7.85. The first kappa shape index (κ1) is 16.4. The first-order valence-electron chi connectivity index (χ1n) is 3.89. The minimum absolute atomic E-state index is 0.00904. The molecular formula is C8H8Cl5NO2. The van der Waals surface area contributed by atoms with Crippen LogP contribution in [0.1, 0.15) is 0 Å². The number of aromatic hydroxyl groups is 1. The maximum absolute atomic E-state index is 9.20. The zero-order chi connectivity index (χ0) is 12.9. The number of phenols is 1. The standard InChI is InChI=1S/C6HCl5O.C2H7NO/c7-1-2(8)4(10)6(12)5(11)3(1)9;3-1-2-4/h12H;4H,1-3H2. The second-order valence-electron chi connectivity index (χ2n) is 2.43. The molecule has 0 aliphatic heterocycles. The summed E-state index contributed by atoms with van der Waals surface area (Å²) in [5.41, 5.74) is 4.78. The lowest BCUT2D eigenvalue weighted by Crippen LogP contribution is -2.02. The molecule has 0 aromatic heterocycles. The molecule has 8 heteroatoms. The maximum atomic E-state index is 9.20. The van der Waals surface area contributed by atoms with E-state index in [4.69, 9.17) is 68.8 Å². The van der Waals surface area contributed by atoms with E-state index in [9.17, 15) is 5.11 Å². The Balaban J connectivity index is 0.000000487. The zero-order valence-electron chi connectivity index (χ0n) is 7.78. The van der Waals surface area contributed by atoms with Gasteiger partial charge in [-0.1, -0.05) is 58.0 Å².